The molecule has 6 nitrogen and oxygen atoms in total. The molecule has 1 N–H and O–H groups in total. The van der Waals surface area contributed by atoms with Crippen LogP contribution in [0.2, 0.25) is 0 Å². The fourth-order valence-electron chi connectivity index (χ4n) is 3.28. The summed E-state index contributed by atoms with van der Waals surface area (Å²) in [6.07, 6.45) is 0.410. The maximum absolute atomic E-state index is 14.4. The first-order chi connectivity index (χ1) is 12.0. The molecule has 9 heteroatoms. The van der Waals surface area contributed by atoms with Crippen LogP contribution in [0.5, 0.6) is 0 Å². The predicted molar refractivity (Wildman–Crippen MR) is 86.4 cm³/mol. The molecule has 2 saturated heterocycles. The molecular formula is C16H16BF2N3O3. The van der Waals surface area contributed by atoms with Crippen molar-refractivity contribution in [3.8, 4) is 5.97 Å². The van der Waals surface area contributed by atoms with E-state index in [1.165, 1.54) is 17.9 Å². The molecule has 0 bridgehead atoms. The van der Waals surface area contributed by atoms with Gasteiger partial charge in [0.2, 0.25) is 0 Å². The van der Waals surface area contributed by atoms with Gasteiger partial charge in [0.1, 0.15) is 6.79 Å². The summed E-state index contributed by atoms with van der Waals surface area (Å²) < 4.78 is 33.1. The van der Waals surface area contributed by atoms with Gasteiger partial charge >= 0.3 is 132 Å². The predicted octanol–water partition coefficient (Wildman–Crippen LogP) is 0.346. The summed E-state index contributed by atoms with van der Waals surface area (Å²) >= 11 is 0. The molecule has 0 radical (unpaired) electrons. The number of halogens is 2. The average Bonchev–Trinajstić information content (AvgIpc) is 2.61. The van der Waals surface area contributed by atoms with Gasteiger partial charge in [-0.15, -0.1) is 0 Å². The molecule has 2 aliphatic rings. The van der Waals surface area contributed by atoms with E-state index in [1.807, 2.05) is 12.8 Å². The Morgan fingerprint density at radius 1 is 1.48 bits per heavy atom. The molecule has 2 aliphatic heterocycles. The second-order valence-corrected chi connectivity index (χ2v) is 5.67. The topological polar surface area (TPSA) is 82.4 Å². The molecule has 1 aromatic carbocycles. The van der Waals surface area contributed by atoms with Crippen LogP contribution in [0.25, 0.3) is 0 Å². The first-order valence-electron chi connectivity index (χ1n) is 7.47. The van der Waals surface area contributed by atoms with Crippen molar-refractivity contribution in [2.45, 2.75) is 12.0 Å². The third-order valence-corrected chi connectivity index (χ3v) is 4.43. The Bertz CT molecular complexity index is 753. The third kappa shape index (κ3) is 3.17. The van der Waals surface area contributed by atoms with E-state index in [0.717, 1.165) is 12.1 Å². The molecule has 0 aromatic heterocycles. The molecule has 25 heavy (non-hydrogen) atoms. The van der Waals surface area contributed by atoms with Gasteiger partial charge in [0.15, 0.2) is 0 Å². The van der Waals surface area contributed by atoms with Crippen molar-refractivity contribution in [2.75, 3.05) is 20.3 Å². The molecule has 130 valence electrons. The molecule has 0 spiro atoms. The molecule has 2 atom stereocenters. The number of nitrogens with zero attached hydrogens (tertiary/aromatic N) is 2. The third-order valence-electron chi connectivity index (χ3n) is 4.43. The van der Waals surface area contributed by atoms with Crippen molar-refractivity contribution in [1.29, 1.82) is 5.26 Å². The van der Waals surface area contributed by atoms with Crippen molar-refractivity contribution in [1.82, 2.24) is 10.2 Å². The minimum atomic E-state index is -1.15. The van der Waals surface area contributed by atoms with Crippen LogP contribution in [0.3, 0.4) is 0 Å². The van der Waals surface area contributed by atoms with E-state index in [4.69, 9.17) is 14.8 Å². The first-order valence-corrected chi connectivity index (χ1v) is 7.47. The van der Waals surface area contributed by atoms with Crippen LogP contribution in [0, 0.1) is 28.8 Å². The number of nitriles is 1. The Morgan fingerprint density at radius 3 is 2.84 bits per heavy atom. The molecule has 0 aliphatic carbocycles. The number of carbonyl (C=O) groups is 2. The average molecular weight is 347 g/mol. The van der Waals surface area contributed by atoms with Crippen LogP contribution in [0.1, 0.15) is 12.0 Å². The number of rotatable bonds is 1. The Labute approximate surface area is 144 Å². The van der Waals surface area contributed by atoms with Crippen LogP contribution in [-0.4, -0.2) is 50.5 Å². The Morgan fingerprint density at radius 2 is 2.20 bits per heavy atom. The van der Waals surface area contributed by atoms with Gasteiger partial charge in [0.25, 0.3) is 0 Å². The van der Waals surface area contributed by atoms with Crippen molar-refractivity contribution >= 4 is 25.3 Å². The summed E-state index contributed by atoms with van der Waals surface area (Å²) in [5.41, 5.74) is -0.723. The summed E-state index contributed by atoms with van der Waals surface area (Å²) in [4.78, 5) is 22.0. The number of hydrogen-bond acceptors (Lipinski definition) is 5. The van der Waals surface area contributed by atoms with Crippen molar-refractivity contribution < 1.29 is 23.1 Å². The number of benzene rings is 1. The van der Waals surface area contributed by atoms with Gasteiger partial charge in [-0.1, -0.05) is 0 Å². The standard InChI is InChI=1S/C15H14BF2N3O2.CH2O/c1-21-13(22)11-4-5-23-7-15(11,20-14(21)16-8-19)10-3-2-9(17)6-12(10)18;1-2/h2-3,6,11,20H,4-5,7H2,1H3;1H2. The van der Waals surface area contributed by atoms with Crippen LogP contribution < -0.4 is 5.32 Å². The van der Waals surface area contributed by atoms with Crippen molar-refractivity contribution in [3.05, 3.63) is 35.4 Å². The van der Waals surface area contributed by atoms with Crippen LogP contribution in [0.15, 0.2) is 18.2 Å². The number of ether oxygens (including phenoxy) is 1. The van der Waals surface area contributed by atoms with Crippen LogP contribution in [0.4, 0.5) is 8.78 Å². The normalized spacial score (nSPS) is 26.5. The van der Waals surface area contributed by atoms with E-state index in [1.54, 1.807) is 7.05 Å². The molecule has 2 unspecified atom stereocenters. The molecule has 1 amide bonds. The first kappa shape index (κ1) is 18.7. The molecule has 0 saturated carbocycles. The van der Waals surface area contributed by atoms with E-state index in [-0.39, 0.29) is 23.8 Å². The molecule has 2 heterocycles. The number of amides is 1. The van der Waals surface area contributed by atoms with Crippen LogP contribution >= 0.6 is 0 Å². The van der Waals surface area contributed by atoms with Crippen LogP contribution in [-0.2, 0) is 19.9 Å². The number of hydrogen-bond donors (Lipinski definition) is 1. The Kier molecular flexibility index (Phi) is 5.64. The summed E-state index contributed by atoms with van der Waals surface area (Å²) in [6, 6.07) is 3.26. The van der Waals surface area contributed by atoms with Crippen molar-refractivity contribution in [2.24, 2.45) is 5.92 Å². The summed E-state index contributed by atoms with van der Waals surface area (Å²) in [5.74, 6) is -0.360. The molecule has 1 aromatic rings. The Hall–Kier alpha value is -2.60. The monoisotopic (exact) mass is 347 g/mol. The summed E-state index contributed by atoms with van der Waals surface area (Å²) in [5, 5.41) is 12.0. The Balaban J connectivity index is 0.00000109. The van der Waals surface area contributed by atoms with Gasteiger partial charge in [-0.05, 0) is 0 Å². The molecule has 2 fully saturated rings. The van der Waals surface area contributed by atoms with Gasteiger partial charge in [-0.3, -0.25) is 0 Å². The number of carbonyl (C=O) groups excluding carboxylic acids is 2. The number of nitrogens with one attached hydrogen (secondary N) is 1. The van der Waals surface area contributed by atoms with Gasteiger partial charge in [0, 0.05) is 0 Å². The van der Waals surface area contributed by atoms with Crippen molar-refractivity contribution in [3.63, 3.8) is 0 Å². The minimum absolute atomic E-state index is 0.0581. The van der Waals surface area contributed by atoms with Gasteiger partial charge < -0.3 is 4.79 Å². The van der Waals surface area contributed by atoms with E-state index < -0.39 is 23.1 Å². The van der Waals surface area contributed by atoms with E-state index in [2.05, 4.69) is 5.32 Å². The maximum atomic E-state index is 14.4. The zero-order valence-electron chi connectivity index (χ0n) is 13.6. The summed E-state index contributed by atoms with van der Waals surface area (Å²) in [7, 11) is 1.55. The fraction of sp³-hybridized carbons (Fsp3) is 0.375. The molecule has 3 rings (SSSR count). The zero-order valence-corrected chi connectivity index (χ0v) is 13.6. The molecular weight excluding hydrogens is 331 g/mol. The second-order valence-electron chi connectivity index (χ2n) is 5.67. The summed E-state index contributed by atoms with van der Waals surface area (Å²) in [6.45, 7) is 3.63. The fourth-order valence-corrected chi connectivity index (χ4v) is 3.28. The van der Waals surface area contributed by atoms with Gasteiger partial charge in [0.05, 0.1) is 0 Å². The number of fused-ring (bicyclic) bond motifs is 1. The van der Waals surface area contributed by atoms with E-state index in [0.29, 0.717) is 13.0 Å². The van der Waals surface area contributed by atoms with E-state index in [9.17, 15) is 13.6 Å². The quantitative estimate of drug-likeness (QED) is 0.742. The SMILES string of the molecule is C=O.CN1C(=O)C2CCOCC2(c2ccc(F)cc2F)NC1=BC#N. The van der Waals surface area contributed by atoms with Gasteiger partial charge in [-0.25, -0.2) is 0 Å². The van der Waals surface area contributed by atoms with E-state index >= 15 is 0 Å². The van der Waals surface area contributed by atoms with Gasteiger partial charge in [-0.2, -0.15) is 0 Å². The second kappa shape index (κ2) is 7.53. The zero-order chi connectivity index (χ0) is 18.6.